The minimum absolute atomic E-state index is 0.842. The van der Waals surface area contributed by atoms with Crippen LogP contribution < -0.4 is 5.32 Å². The molecule has 19 heavy (non-hydrogen) atoms. The van der Waals surface area contributed by atoms with Crippen molar-refractivity contribution in [2.75, 3.05) is 11.9 Å². The second-order valence-corrected chi connectivity index (χ2v) is 5.66. The first kappa shape index (κ1) is 12.5. The lowest BCUT2D eigenvalue weighted by Gasteiger charge is -2.15. The Morgan fingerprint density at radius 2 is 1.84 bits per heavy atom. The number of pyridine rings is 1. The van der Waals surface area contributed by atoms with Gasteiger partial charge in [-0.2, -0.15) is 0 Å². The summed E-state index contributed by atoms with van der Waals surface area (Å²) in [6.45, 7) is 1.10. The van der Waals surface area contributed by atoms with E-state index in [4.69, 9.17) is 0 Å². The van der Waals surface area contributed by atoms with Gasteiger partial charge in [-0.05, 0) is 30.9 Å². The molecule has 1 fully saturated rings. The molecule has 1 aromatic carbocycles. The monoisotopic (exact) mass is 254 g/mol. The number of para-hydroxylation sites is 1. The maximum Gasteiger partial charge on any atom is 0.0703 e. The van der Waals surface area contributed by atoms with Gasteiger partial charge in [0.2, 0.25) is 0 Å². The first-order valence-corrected chi connectivity index (χ1v) is 7.50. The molecule has 0 radical (unpaired) electrons. The summed E-state index contributed by atoms with van der Waals surface area (Å²) in [5.74, 6) is 0.842. The summed E-state index contributed by atoms with van der Waals surface area (Å²) in [6.07, 6.45) is 10.4. The van der Waals surface area contributed by atoms with E-state index in [1.807, 2.05) is 12.3 Å². The number of fused-ring (bicyclic) bond motifs is 1. The van der Waals surface area contributed by atoms with Gasteiger partial charge in [-0.15, -0.1) is 0 Å². The average Bonchev–Trinajstić information content (AvgIpc) is 2.73. The van der Waals surface area contributed by atoms with Crippen LogP contribution in [-0.4, -0.2) is 11.5 Å². The molecule has 0 aliphatic heterocycles. The van der Waals surface area contributed by atoms with E-state index in [0.717, 1.165) is 23.7 Å². The fourth-order valence-electron chi connectivity index (χ4n) is 3.00. The van der Waals surface area contributed by atoms with Gasteiger partial charge in [0.25, 0.3) is 0 Å². The maximum absolute atomic E-state index is 4.50. The topological polar surface area (TPSA) is 24.9 Å². The first-order valence-electron chi connectivity index (χ1n) is 7.50. The van der Waals surface area contributed by atoms with Crippen molar-refractivity contribution in [2.24, 2.45) is 5.92 Å². The molecule has 0 bridgehead atoms. The van der Waals surface area contributed by atoms with E-state index in [9.17, 15) is 0 Å². The van der Waals surface area contributed by atoms with Gasteiger partial charge in [0.1, 0.15) is 0 Å². The summed E-state index contributed by atoms with van der Waals surface area (Å²) >= 11 is 0. The molecule has 0 saturated heterocycles. The van der Waals surface area contributed by atoms with Gasteiger partial charge in [0, 0.05) is 11.9 Å². The molecule has 1 heterocycles. The molecule has 1 N–H and O–H groups in total. The molecule has 1 aromatic heterocycles. The molecule has 0 atom stereocenters. The van der Waals surface area contributed by atoms with Gasteiger partial charge in [-0.1, -0.05) is 43.9 Å². The van der Waals surface area contributed by atoms with Crippen LogP contribution in [-0.2, 0) is 0 Å². The number of rotatable bonds is 3. The maximum atomic E-state index is 4.50. The van der Waals surface area contributed by atoms with Gasteiger partial charge >= 0.3 is 0 Å². The summed E-state index contributed by atoms with van der Waals surface area (Å²) in [6, 6.07) is 10.5. The third-order valence-electron chi connectivity index (χ3n) is 4.16. The number of hydrogen-bond acceptors (Lipinski definition) is 2. The van der Waals surface area contributed by atoms with Crippen molar-refractivity contribution in [3.05, 3.63) is 36.5 Å². The summed E-state index contributed by atoms with van der Waals surface area (Å²) in [5, 5.41) is 4.79. The largest absolute Gasteiger partial charge is 0.384 e. The van der Waals surface area contributed by atoms with Crippen molar-refractivity contribution in [1.29, 1.82) is 0 Å². The smallest absolute Gasteiger partial charge is 0.0703 e. The summed E-state index contributed by atoms with van der Waals surface area (Å²) < 4.78 is 0. The minimum Gasteiger partial charge on any atom is -0.384 e. The third-order valence-corrected chi connectivity index (χ3v) is 4.16. The highest BCUT2D eigenvalue weighted by Crippen LogP contribution is 2.23. The molecule has 1 aliphatic rings. The second kappa shape index (κ2) is 6.05. The lowest BCUT2D eigenvalue weighted by atomic mass is 10.0. The average molecular weight is 254 g/mol. The Bertz CT molecular complexity index is 528. The van der Waals surface area contributed by atoms with Crippen LogP contribution in [0.5, 0.6) is 0 Å². The fraction of sp³-hybridized carbons (Fsp3) is 0.471. The van der Waals surface area contributed by atoms with E-state index in [1.54, 1.807) is 0 Å². The molecule has 3 rings (SSSR count). The fourth-order valence-corrected chi connectivity index (χ4v) is 3.00. The molecule has 0 spiro atoms. The Kier molecular flexibility index (Phi) is 3.97. The van der Waals surface area contributed by atoms with Crippen LogP contribution >= 0.6 is 0 Å². The summed E-state index contributed by atoms with van der Waals surface area (Å²) in [4.78, 5) is 4.50. The SMILES string of the molecule is c1ccc2ncc(NCC3CCCCCC3)cc2c1. The molecule has 2 heteroatoms. The van der Waals surface area contributed by atoms with Crippen LogP contribution in [0.3, 0.4) is 0 Å². The highest BCUT2D eigenvalue weighted by Gasteiger charge is 2.11. The predicted molar refractivity (Wildman–Crippen MR) is 81.4 cm³/mol. The highest BCUT2D eigenvalue weighted by atomic mass is 14.9. The highest BCUT2D eigenvalue weighted by molar-refractivity contribution is 5.81. The van der Waals surface area contributed by atoms with Crippen LogP contribution in [0.4, 0.5) is 5.69 Å². The first-order chi connectivity index (χ1) is 9.42. The Hall–Kier alpha value is -1.57. The molecule has 2 nitrogen and oxygen atoms in total. The number of nitrogens with one attached hydrogen (secondary N) is 1. The van der Waals surface area contributed by atoms with E-state index >= 15 is 0 Å². The van der Waals surface area contributed by atoms with Crippen molar-refractivity contribution in [2.45, 2.75) is 38.5 Å². The second-order valence-electron chi connectivity index (χ2n) is 5.66. The van der Waals surface area contributed by atoms with Crippen molar-refractivity contribution in [3.8, 4) is 0 Å². The van der Waals surface area contributed by atoms with Gasteiger partial charge in [0.05, 0.1) is 17.4 Å². The standard InChI is InChI=1S/C17H22N2/c1-2-4-8-14(7-3-1)12-18-16-11-15-9-5-6-10-17(15)19-13-16/h5-6,9-11,13-14,18H,1-4,7-8,12H2. The lowest BCUT2D eigenvalue weighted by molar-refractivity contribution is 0.483. The third kappa shape index (κ3) is 3.25. The van der Waals surface area contributed by atoms with Crippen LogP contribution in [0.15, 0.2) is 36.5 Å². The zero-order chi connectivity index (χ0) is 12.9. The quantitative estimate of drug-likeness (QED) is 0.809. The van der Waals surface area contributed by atoms with Gasteiger partial charge in [-0.3, -0.25) is 4.98 Å². The number of aromatic nitrogens is 1. The minimum atomic E-state index is 0.842. The van der Waals surface area contributed by atoms with E-state index in [2.05, 4.69) is 34.6 Å². The molecule has 2 aromatic rings. The number of nitrogens with zero attached hydrogens (tertiary/aromatic N) is 1. The van der Waals surface area contributed by atoms with E-state index in [-0.39, 0.29) is 0 Å². The van der Waals surface area contributed by atoms with E-state index < -0.39 is 0 Å². The molecular weight excluding hydrogens is 232 g/mol. The summed E-state index contributed by atoms with van der Waals surface area (Å²) in [7, 11) is 0. The number of anilines is 1. The molecule has 0 unspecified atom stereocenters. The summed E-state index contributed by atoms with van der Waals surface area (Å²) in [5.41, 5.74) is 2.23. The van der Waals surface area contributed by atoms with Crippen LogP contribution in [0.1, 0.15) is 38.5 Å². The number of benzene rings is 1. The normalized spacial score (nSPS) is 17.3. The molecule has 0 amide bonds. The lowest BCUT2D eigenvalue weighted by Crippen LogP contribution is -2.13. The van der Waals surface area contributed by atoms with Crippen LogP contribution in [0.25, 0.3) is 10.9 Å². The van der Waals surface area contributed by atoms with Crippen molar-refractivity contribution in [3.63, 3.8) is 0 Å². The van der Waals surface area contributed by atoms with Crippen molar-refractivity contribution in [1.82, 2.24) is 4.98 Å². The Balaban J connectivity index is 1.64. The van der Waals surface area contributed by atoms with E-state index in [0.29, 0.717) is 0 Å². The molecular formula is C17H22N2. The Labute approximate surface area is 115 Å². The Morgan fingerprint density at radius 3 is 2.68 bits per heavy atom. The zero-order valence-corrected chi connectivity index (χ0v) is 11.4. The van der Waals surface area contributed by atoms with Crippen molar-refractivity contribution >= 4 is 16.6 Å². The molecule has 100 valence electrons. The van der Waals surface area contributed by atoms with Crippen LogP contribution in [0.2, 0.25) is 0 Å². The molecule has 1 saturated carbocycles. The van der Waals surface area contributed by atoms with Gasteiger partial charge < -0.3 is 5.32 Å². The number of hydrogen-bond donors (Lipinski definition) is 1. The van der Waals surface area contributed by atoms with Gasteiger partial charge in [-0.25, -0.2) is 0 Å². The Morgan fingerprint density at radius 1 is 1.05 bits per heavy atom. The zero-order valence-electron chi connectivity index (χ0n) is 11.4. The van der Waals surface area contributed by atoms with E-state index in [1.165, 1.54) is 43.9 Å². The van der Waals surface area contributed by atoms with Gasteiger partial charge in [0.15, 0.2) is 0 Å². The van der Waals surface area contributed by atoms with Crippen LogP contribution in [0, 0.1) is 5.92 Å². The molecule has 1 aliphatic carbocycles. The van der Waals surface area contributed by atoms with Crippen molar-refractivity contribution < 1.29 is 0 Å². The predicted octanol–water partition coefficient (Wildman–Crippen LogP) is 4.62.